The minimum Gasteiger partial charge on any atom is -0.343 e. The molecule has 0 aliphatic carbocycles. The van der Waals surface area contributed by atoms with Crippen LogP contribution in [-0.4, -0.2) is 36.3 Å². The van der Waals surface area contributed by atoms with Crippen LogP contribution < -0.4 is 4.90 Å². The summed E-state index contributed by atoms with van der Waals surface area (Å²) >= 11 is 6.34. The molecule has 130 valence electrons. The second-order valence-electron chi connectivity index (χ2n) is 6.88. The van der Waals surface area contributed by atoms with E-state index in [-0.39, 0.29) is 11.8 Å². The molecule has 4 nitrogen and oxygen atoms in total. The van der Waals surface area contributed by atoms with E-state index >= 15 is 0 Å². The summed E-state index contributed by atoms with van der Waals surface area (Å²) in [5, 5.41) is 0.676. The third kappa shape index (κ3) is 3.75. The highest BCUT2D eigenvalue weighted by Crippen LogP contribution is 2.35. The van der Waals surface area contributed by atoms with Crippen LogP contribution in [0.4, 0.5) is 5.69 Å². The Hall–Kier alpha value is -1.55. The molecule has 0 radical (unpaired) electrons. The molecule has 0 spiro atoms. The number of likely N-dealkylation sites (tertiary alicyclic amines) is 1. The van der Waals surface area contributed by atoms with Crippen molar-refractivity contribution in [2.45, 2.75) is 45.4 Å². The van der Waals surface area contributed by atoms with Gasteiger partial charge in [0, 0.05) is 33.0 Å². The maximum atomic E-state index is 12.7. The van der Waals surface area contributed by atoms with Gasteiger partial charge in [-0.1, -0.05) is 23.7 Å². The molecule has 1 aromatic carbocycles. The van der Waals surface area contributed by atoms with Crippen molar-refractivity contribution in [1.29, 1.82) is 0 Å². The lowest BCUT2D eigenvalue weighted by Gasteiger charge is -2.33. The van der Waals surface area contributed by atoms with Crippen molar-refractivity contribution < 1.29 is 9.59 Å². The molecule has 1 saturated heterocycles. The standard InChI is InChI=1S/C19H25ClN2O2/c1-14(23)21-12-9-15(10-13-21)7-8-18(24)22-11-3-5-16-4-2-6-17(20)19(16)22/h2,4,6,15H,3,5,7-13H2,1H3. The smallest absolute Gasteiger partial charge is 0.227 e. The van der Waals surface area contributed by atoms with Crippen LogP contribution in [0.5, 0.6) is 0 Å². The molecule has 0 aromatic heterocycles. The van der Waals surface area contributed by atoms with E-state index in [2.05, 4.69) is 6.07 Å². The number of hydrogen-bond donors (Lipinski definition) is 0. The van der Waals surface area contributed by atoms with Crippen LogP contribution in [0, 0.1) is 5.92 Å². The third-order valence-corrected chi connectivity index (χ3v) is 5.60. The first-order chi connectivity index (χ1) is 11.6. The molecule has 5 heteroatoms. The first-order valence-electron chi connectivity index (χ1n) is 8.89. The first kappa shape index (κ1) is 17.3. The van der Waals surface area contributed by atoms with Gasteiger partial charge in [0.25, 0.3) is 0 Å². The summed E-state index contributed by atoms with van der Waals surface area (Å²) in [7, 11) is 0. The molecule has 2 aliphatic rings. The number of fused-ring (bicyclic) bond motifs is 1. The molecule has 0 N–H and O–H groups in total. The van der Waals surface area contributed by atoms with Crippen molar-refractivity contribution in [2.24, 2.45) is 5.92 Å². The number of piperidine rings is 1. The maximum absolute atomic E-state index is 12.7. The highest BCUT2D eigenvalue weighted by molar-refractivity contribution is 6.34. The van der Waals surface area contributed by atoms with Crippen molar-refractivity contribution in [3.05, 3.63) is 28.8 Å². The highest BCUT2D eigenvalue weighted by Gasteiger charge is 2.26. The van der Waals surface area contributed by atoms with Gasteiger partial charge >= 0.3 is 0 Å². The van der Waals surface area contributed by atoms with Crippen LogP contribution in [0.3, 0.4) is 0 Å². The van der Waals surface area contributed by atoms with Gasteiger partial charge in [-0.3, -0.25) is 9.59 Å². The molecular weight excluding hydrogens is 324 g/mol. The van der Waals surface area contributed by atoms with E-state index in [9.17, 15) is 9.59 Å². The van der Waals surface area contributed by atoms with Crippen molar-refractivity contribution in [3.63, 3.8) is 0 Å². The minimum atomic E-state index is 0.157. The van der Waals surface area contributed by atoms with Gasteiger partial charge in [-0.15, -0.1) is 0 Å². The van der Waals surface area contributed by atoms with Crippen molar-refractivity contribution >= 4 is 29.1 Å². The number of anilines is 1. The number of rotatable bonds is 3. The van der Waals surface area contributed by atoms with E-state index in [0.717, 1.165) is 57.4 Å². The lowest BCUT2D eigenvalue weighted by Crippen LogP contribution is -2.38. The Morgan fingerprint density at radius 1 is 1.21 bits per heavy atom. The van der Waals surface area contributed by atoms with Crippen LogP contribution in [0.15, 0.2) is 18.2 Å². The molecule has 0 unspecified atom stereocenters. The van der Waals surface area contributed by atoms with Crippen molar-refractivity contribution in [3.8, 4) is 0 Å². The normalized spacial score (nSPS) is 18.4. The summed E-state index contributed by atoms with van der Waals surface area (Å²) in [5.74, 6) is 0.877. The van der Waals surface area contributed by atoms with Crippen LogP contribution in [0.25, 0.3) is 0 Å². The van der Waals surface area contributed by atoms with E-state index in [4.69, 9.17) is 11.6 Å². The molecule has 2 aliphatic heterocycles. The average Bonchev–Trinajstić information content (AvgIpc) is 2.60. The second-order valence-corrected chi connectivity index (χ2v) is 7.29. The number of aryl methyl sites for hydroxylation is 1. The van der Waals surface area contributed by atoms with Gasteiger partial charge in [0.05, 0.1) is 10.7 Å². The molecule has 1 aromatic rings. The fourth-order valence-electron chi connectivity index (χ4n) is 3.85. The Morgan fingerprint density at radius 3 is 2.67 bits per heavy atom. The Balaban J connectivity index is 1.57. The zero-order chi connectivity index (χ0) is 17.1. The average molecular weight is 349 g/mol. The van der Waals surface area contributed by atoms with E-state index < -0.39 is 0 Å². The monoisotopic (exact) mass is 348 g/mol. The fourth-order valence-corrected chi connectivity index (χ4v) is 4.15. The van der Waals surface area contributed by atoms with Gasteiger partial charge in [-0.25, -0.2) is 0 Å². The van der Waals surface area contributed by atoms with Crippen molar-refractivity contribution in [1.82, 2.24) is 4.90 Å². The molecule has 2 heterocycles. The third-order valence-electron chi connectivity index (χ3n) is 5.30. The highest BCUT2D eigenvalue weighted by atomic mass is 35.5. The molecular formula is C19H25ClN2O2. The first-order valence-corrected chi connectivity index (χ1v) is 9.27. The fraction of sp³-hybridized carbons (Fsp3) is 0.579. The maximum Gasteiger partial charge on any atom is 0.227 e. The van der Waals surface area contributed by atoms with Crippen LogP contribution in [-0.2, 0) is 16.0 Å². The summed E-state index contributed by atoms with van der Waals surface area (Å²) in [5.41, 5.74) is 2.10. The number of amides is 2. The van der Waals surface area contributed by atoms with Gasteiger partial charge in [0.15, 0.2) is 0 Å². The summed E-state index contributed by atoms with van der Waals surface area (Å²) in [6, 6.07) is 5.89. The predicted molar refractivity (Wildman–Crippen MR) is 96.3 cm³/mol. The largest absolute Gasteiger partial charge is 0.343 e. The minimum absolute atomic E-state index is 0.157. The lowest BCUT2D eigenvalue weighted by molar-refractivity contribution is -0.130. The molecule has 0 bridgehead atoms. The van der Waals surface area contributed by atoms with E-state index in [0.29, 0.717) is 17.4 Å². The van der Waals surface area contributed by atoms with Crippen LogP contribution >= 0.6 is 11.6 Å². The number of nitrogens with zero attached hydrogens (tertiary/aromatic N) is 2. The van der Waals surface area contributed by atoms with Crippen LogP contribution in [0.1, 0.15) is 44.6 Å². The summed E-state index contributed by atoms with van der Waals surface area (Å²) in [4.78, 5) is 27.9. The number of benzene rings is 1. The number of carbonyl (C=O) groups excluding carboxylic acids is 2. The van der Waals surface area contributed by atoms with Gasteiger partial charge in [-0.05, 0) is 49.7 Å². The Labute approximate surface area is 148 Å². The van der Waals surface area contributed by atoms with Crippen LogP contribution in [0.2, 0.25) is 5.02 Å². The zero-order valence-corrected chi connectivity index (χ0v) is 15.0. The van der Waals surface area contributed by atoms with Gasteiger partial charge in [0.2, 0.25) is 11.8 Å². The van der Waals surface area contributed by atoms with E-state index in [1.165, 1.54) is 5.56 Å². The van der Waals surface area contributed by atoms with Crippen molar-refractivity contribution in [2.75, 3.05) is 24.5 Å². The van der Waals surface area contributed by atoms with E-state index in [1.807, 2.05) is 21.9 Å². The molecule has 2 amide bonds. The van der Waals surface area contributed by atoms with Gasteiger partial charge < -0.3 is 9.80 Å². The molecule has 0 atom stereocenters. The quantitative estimate of drug-likeness (QED) is 0.836. The summed E-state index contributed by atoms with van der Waals surface area (Å²) < 4.78 is 0. The summed E-state index contributed by atoms with van der Waals surface area (Å²) in [6.45, 7) is 4.04. The Morgan fingerprint density at radius 2 is 1.96 bits per heavy atom. The predicted octanol–water partition coefficient (Wildman–Crippen LogP) is 3.66. The SMILES string of the molecule is CC(=O)N1CCC(CCC(=O)N2CCCc3cccc(Cl)c32)CC1. The summed E-state index contributed by atoms with van der Waals surface area (Å²) in [6.07, 6.45) is 5.46. The second kappa shape index (κ2) is 7.56. The zero-order valence-electron chi connectivity index (χ0n) is 14.3. The Bertz CT molecular complexity index is 624. The number of carbonyl (C=O) groups is 2. The van der Waals surface area contributed by atoms with E-state index in [1.54, 1.807) is 6.92 Å². The van der Waals surface area contributed by atoms with Gasteiger partial charge in [0.1, 0.15) is 0 Å². The lowest BCUT2D eigenvalue weighted by atomic mass is 9.91. The Kier molecular flexibility index (Phi) is 5.44. The number of hydrogen-bond acceptors (Lipinski definition) is 2. The topological polar surface area (TPSA) is 40.6 Å². The molecule has 0 saturated carbocycles. The number of halogens is 1. The molecule has 24 heavy (non-hydrogen) atoms. The molecule has 3 rings (SSSR count). The number of para-hydroxylation sites is 1. The van der Waals surface area contributed by atoms with Gasteiger partial charge in [-0.2, -0.15) is 0 Å². The molecule has 1 fully saturated rings.